The van der Waals surface area contributed by atoms with Crippen LogP contribution in [0.15, 0.2) is 34.7 Å². The first-order valence-electron chi connectivity index (χ1n) is 10.9. The maximum absolute atomic E-state index is 13.1. The van der Waals surface area contributed by atoms with E-state index in [2.05, 4.69) is 17.2 Å². The van der Waals surface area contributed by atoms with Gasteiger partial charge in [-0.1, -0.05) is 48.1 Å². The number of urea groups is 1. The van der Waals surface area contributed by atoms with Gasteiger partial charge in [-0.05, 0) is 43.2 Å². The maximum atomic E-state index is 13.1. The third-order valence-electron chi connectivity index (χ3n) is 5.70. The summed E-state index contributed by atoms with van der Waals surface area (Å²) in [5, 5.41) is 12.2. The Balaban J connectivity index is 1.64. The topological polar surface area (TPSA) is 126 Å². The highest BCUT2D eigenvalue weighted by atomic mass is 35.5. The first-order valence-corrected chi connectivity index (χ1v) is 13.8. The minimum absolute atomic E-state index is 0.0373. The van der Waals surface area contributed by atoms with Gasteiger partial charge >= 0.3 is 12.0 Å². The molecule has 3 rings (SSSR count). The van der Waals surface area contributed by atoms with Crippen LogP contribution in [0.5, 0.6) is 0 Å². The van der Waals surface area contributed by atoms with Gasteiger partial charge in [0.25, 0.3) is 0 Å². The van der Waals surface area contributed by atoms with Gasteiger partial charge in [0.15, 0.2) is 20.7 Å². The molecule has 0 atom stereocenters. The van der Waals surface area contributed by atoms with Crippen molar-refractivity contribution < 1.29 is 27.9 Å². The average Bonchev–Trinajstić information content (AvgIpc) is 3.24. The lowest BCUT2D eigenvalue weighted by Gasteiger charge is -2.36. The minimum Gasteiger partial charge on any atom is -0.480 e. The number of nitrogens with one attached hydrogen (secondary N) is 1. The van der Waals surface area contributed by atoms with Gasteiger partial charge < -0.3 is 14.7 Å². The first-order chi connectivity index (χ1) is 16.2. The molecule has 0 saturated heterocycles. The number of nitrogens with zero attached hydrogens (tertiary/aromatic N) is 2. The van der Waals surface area contributed by atoms with Gasteiger partial charge in [0.05, 0.1) is 19.4 Å². The Hall–Kier alpha value is -2.21. The number of carboxylic acids is 1. The quantitative estimate of drug-likeness (QED) is 0.440. The lowest BCUT2D eigenvalue weighted by atomic mass is 9.86. The monoisotopic (exact) mass is 529 g/mol. The van der Waals surface area contributed by atoms with Crippen molar-refractivity contribution in [2.75, 3.05) is 24.2 Å². The van der Waals surface area contributed by atoms with Crippen LogP contribution in [0.4, 0.5) is 9.93 Å². The molecule has 0 bridgehead atoms. The van der Waals surface area contributed by atoms with Gasteiger partial charge in [-0.15, -0.1) is 0 Å². The second-order valence-electron chi connectivity index (χ2n) is 8.32. The Kier molecular flexibility index (Phi) is 9.29. The Morgan fingerprint density at radius 3 is 2.65 bits per heavy atom. The smallest absolute Gasteiger partial charge is 0.323 e. The fourth-order valence-corrected chi connectivity index (χ4v) is 6.15. The van der Waals surface area contributed by atoms with Gasteiger partial charge in [0.2, 0.25) is 0 Å². The van der Waals surface area contributed by atoms with Crippen molar-refractivity contribution in [3.63, 3.8) is 0 Å². The molecule has 1 saturated carbocycles. The SMILES string of the molecule is CC1CCC(N(CCOCc2ccccc2Cl)C(=O)Nc2ncc(S(=O)(=O)CC(=O)O)s2)CC1. The van der Waals surface area contributed by atoms with Crippen molar-refractivity contribution in [3.05, 3.63) is 41.0 Å². The van der Waals surface area contributed by atoms with E-state index >= 15 is 0 Å². The maximum Gasteiger partial charge on any atom is 0.323 e. The molecule has 34 heavy (non-hydrogen) atoms. The highest BCUT2D eigenvalue weighted by Gasteiger charge is 2.29. The van der Waals surface area contributed by atoms with Crippen molar-refractivity contribution in [1.29, 1.82) is 0 Å². The molecule has 9 nitrogen and oxygen atoms in total. The summed E-state index contributed by atoms with van der Waals surface area (Å²) in [6.45, 7) is 3.18. The third kappa shape index (κ3) is 7.39. The van der Waals surface area contributed by atoms with Gasteiger partial charge in [-0.25, -0.2) is 18.2 Å². The van der Waals surface area contributed by atoms with Crippen molar-refractivity contribution in [2.24, 2.45) is 5.92 Å². The van der Waals surface area contributed by atoms with E-state index in [1.54, 1.807) is 11.0 Å². The van der Waals surface area contributed by atoms with Gasteiger partial charge in [0, 0.05) is 17.6 Å². The molecule has 2 N–H and O–H groups in total. The number of benzene rings is 1. The summed E-state index contributed by atoms with van der Waals surface area (Å²) >= 11 is 6.90. The van der Waals surface area contributed by atoms with Crippen molar-refractivity contribution in [3.8, 4) is 0 Å². The van der Waals surface area contributed by atoms with E-state index in [0.29, 0.717) is 30.7 Å². The number of sulfone groups is 1. The Morgan fingerprint density at radius 1 is 1.26 bits per heavy atom. The lowest BCUT2D eigenvalue weighted by molar-refractivity contribution is -0.134. The van der Waals surface area contributed by atoms with E-state index in [1.165, 1.54) is 0 Å². The van der Waals surface area contributed by atoms with Crippen LogP contribution >= 0.6 is 22.9 Å². The zero-order chi connectivity index (χ0) is 24.7. The molecule has 0 aliphatic heterocycles. The molecular formula is C22H28ClN3O6S2. The number of hydrogen-bond acceptors (Lipinski definition) is 7. The number of ether oxygens (including phenoxy) is 1. The zero-order valence-electron chi connectivity index (χ0n) is 18.8. The fraction of sp³-hybridized carbons (Fsp3) is 0.500. The molecule has 1 aromatic heterocycles. The number of aliphatic carboxylic acids is 1. The third-order valence-corrected chi connectivity index (χ3v) is 9.13. The molecule has 1 fully saturated rings. The van der Waals surface area contributed by atoms with Crippen molar-refractivity contribution >= 4 is 49.9 Å². The van der Waals surface area contributed by atoms with E-state index in [0.717, 1.165) is 48.8 Å². The number of carbonyl (C=O) groups is 2. The van der Waals surface area contributed by atoms with Crippen molar-refractivity contribution in [2.45, 2.75) is 49.5 Å². The standard InChI is InChI=1S/C22H28ClN3O6S2/c1-15-6-8-17(9-7-15)26(10-11-32-13-16-4-2-3-5-18(16)23)22(29)25-21-24-12-20(33-21)34(30,31)14-19(27)28/h2-5,12,15,17H,6-11,13-14H2,1H3,(H,27,28)(H,24,25,29). The lowest BCUT2D eigenvalue weighted by Crippen LogP contribution is -2.46. The summed E-state index contributed by atoms with van der Waals surface area (Å²) in [5.41, 5.74) is 0.865. The molecule has 186 valence electrons. The van der Waals surface area contributed by atoms with E-state index < -0.39 is 27.6 Å². The summed E-state index contributed by atoms with van der Waals surface area (Å²) < 4.78 is 29.8. The Bertz CT molecular complexity index is 1100. The number of hydrogen-bond donors (Lipinski definition) is 2. The highest BCUT2D eigenvalue weighted by molar-refractivity contribution is 7.94. The number of aromatic nitrogens is 1. The number of amides is 2. The van der Waals surface area contributed by atoms with Crippen molar-refractivity contribution in [1.82, 2.24) is 9.88 Å². The molecule has 1 aromatic carbocycles. The van der Waals surface area contributed by atoms with E-state index in [-0.39, 0.29) is 15.4 Å². The Morgan fingerprint density at radius 2 is 1.97 bits per heavy atom. The second-order valence-corrected chi connectivity index (χ2v) is 12.0. The van der Waals surface area contributed by atoms with Crippen LogP contribution in [-0.2, 0) is 26.0 Å². The van der Waals surface area contributed by atoms with Gasteiger partial charge in [-0.2, -0.15) is 0 Å². The number of carbonyl (C=O) groups excluding carboxylic acids is 1. The van der Waals surface area contributed by atoms with E-state index in [9.17, 15) is 18.0 Å². The van der Waals surface area contributed by atoms with E-state index in [1.807, 2.05) is 18.2 Å². The van der Waals surface area contributed by atoms with Crippen LogP contribution in [0.3, 0.4) is 0 Å². The summed E-state index contributed by atoms with van der Waals surface area (Å²) in [6.07, 6.45) is 4.84. The number of thiazole rings is 1. The summed E-state index contributed by atoms with van der Waals surface area (Å²) in [5.74, 6) is -1.87. The molecule has 0 spiro atoms. The normalized spacial score (nSPS) is 18.4. The number of rotatable bonds is 10. The molecule has 1 aliphatic rings. The highest BCUT2D eigenvalue weighted by Crippen LogP contribution is 2.29. The number of carboxylic acid groups (broad SMARTS) is 1. The summed E-state index contributed by atoms with van der Waals surface area (Å²) in [4.78, 5) is 29.6. The van der Waals surface area contributed by atoms with Gasteiger partial charge in [-0.3, -0.25) is 10.1 Å². The molecule has 12 heteroatoms. The summed E-state index contributed by atoms with van der Waals surface area (Å²) in [6, 6.07) is 7.05. The average molecular weight is 530 g/mol. The molecule has 0 unspecified atom stereocenters. The molecule has 2 aromatic rings. The molecular weight excluding hydrogens is 502 g/mol. The second kappa shape index (κ2) is 12.0. The molecule has 1 heterocycles. The predicted molar refractivity (Wildman–Crippen MR) is 130 cm³/mol. The summed E-state index contributed by atoms with van der Waals surface area (Å²) in [7, 11) is -4.01. The van der Waals surface area contributed by atoms with Crippen LogP contribution in [0, 0.1) is 5.92 Å². The van der Waals surface area contributed by atoms with E-state index in [4.69, 9.17) is 21.4 Å². The fourth-order valence-electron chi connectivity index (χ4n) is 3.82. The molecule has 1 aliphatic carbocycles. The molecule has 2 amide bonds. The predicted octanol–water partition coefficient (Wildman–Crippen LogP) is 4.28. The molecule has 0 radical (unpaired) electrons. The minimum atomic E-state index is -4.01. The van der Waals surface area contributed by atoms with Crippen LogP contribution < -0.4 is 5.32 Å². The van der Waals surface area contributed by atoms with Crippen LogP contribution in [0.1, 0.15) is 38.2 Å². The number of anilines is 1. The van der Waals surface area contributed by atoms with Crippen LogP contribution in [0.25, 0.3) is 0 Å². The van der Waals surface area contributed by atoms with Crippen LogP contribution in [0.2, 0.25) is 5.02 Å². The number of halogens is 1. The largest absolute Gasteiger partial charge is 0.480 e. The first kappa shape index (κ1) is 26.4. The zero-order valence-corrected chi connectivity index (χ0v) is 21.2. The van der Waals surface area contributed by atoms with Crippen LogP contribution in [-0.4, -0.2) is 60.4 Å². The Labute approximate surface area is 208 Å². The van der Waals surface area contributed by atoms with Gasteiger partial charge in [0.1, 0.15) is 4.21 Å².